The predicted octanol–water partition coefficient (Wildman–Crippen LogP) is 1.91. The molecule has 5 heteroatoms. The van der Waals surface area contributed by atoms with Crippen molar-refractivity contribution < 1.29 is 14.3 Å². The van der Waals surface area contributed by atoms with Gasteiger partial charge in [0.2, 0.25) is 0 Å². The van der Waals surface area contributed by atoms with E-state index in [0.717, 1.165) is 18.8 Å². The van der Waals surface area contributed by atoms with Crippen molar-refractivity contribution in [1.82, 2.24) is 0 Å². The number of rotatable bonds is 4. The largest absolute Gasteiger partial charge is 0.488 e. The van der Waals surface area contributed by atoms with Gasteiger partial charge in [0.1, 0.15) is 11.9 Å². The van der Waals surface area contributed by atoms with Gasteiger partial charge >= 0.3 is 0 Å². The number of ether oxygens (including phenoxy) is 2. The molecule has 1 aromatic rings. The first-order valence-corrected chi connectivity index (χ1v) is 4.72. The van der Waals surface area contributed by atoms with E-state index in [0.29, 0.717) is 12.4 Å². The Labute approximate surface area is 86.9 Å². The van der Waals surface area contributed by atoms with Gasteiger partial charge in [-0.1, -0.05) is 0 Å². The maximum absolute atomic E-state index is 9.82. The van der Waals surface area contributed by atoms with Crippen LogP contribution >= 0.6 is 0 Å². The number of nitrogens with zero attached hydrogens (tertiary/aromatic N) is 1. The summed E-state index contributed by atoms with van der Waals surface area (Å²) in [6, 6.07) is 6.73. The first-order valence-electron chi connectivity index (χ1n) is 4.72. The Balaban J connectivity index is 1.93. The molecule has 0 aliphatic carbocycles. The summed E-state index contributed by atoms with van der Waals surface area (Å²) in [5.41, 5.74) is 0. The molecule has 0 aromatic heterocycles. The molecule has 1 aromatic carbocycles. The van der Waals surface area contributed by atoms with Crippen LogP contribution in [0, 0.1) is 4.91 Å². The SMILES string of the molecule is O=NOc1ccc(OC2CCOC2)cc1. The van der Waals surface area contributed by atoms with Gasteiger partial charge in [-0.3, -0.25) is 0 Å². The van der Waals surface area contributed by atoms with Gasteiger partial charge in [0.05, 0.1) is 13.2 Å². The highest BCUT2D eigenvalue weighted by Crippen LogP contribution is 2.20. The van der Waals surface area contributed by atoms with Crippen LogP contribution < -0.4 is 9.57 Å². The highest BCUT2D eigenvalue weighted by molar-refractivity contribution is 5.31. The molecule has 0 spiro atoms. The average Bonchev–Trinajstić information content (AvgIpc) is 2.74. The second-order valence-corrected chi connectivity index (χ2v) is 3.24. The lowest BCUT2D eigenvalue weighted by Crippen LogP contribution is -2.15. The molecule has 80 valence electrons. The molecule has 0 radical (unpaired) electrons. The smallest absolute Gasteiger partial charge is 0.161 e. The van der Waals surface area contributed by atoms with Crippen molar-refractivity contribution in [3.05, 3.63) is 29.2 Å². The molecule has 15 heavy (non-hydrogen) atoms. The van der Waals surface area contributed by atoms with E-state index in [1.54, 1.807) is 24.3 Å². The Kier molecular flexibility index (Phi) is 3.14. The summed E-state index contributed by atoms with van der Waals surface area (Å²) in [7, 11) is 0. The summed E-state index contributed by atoms with van der Waals surface area (Å²) >= 11 is 0. The number of hydrogen-bond donors (Lipinski definition) is 0. The number of benzene rings is 1. The van der Waals surface area contributed by atoms with Crippen LogP contribution in [0.4, 0.5) is 0 Å². The molecule has 1 unspecified atom stereocenters. The van der Waals surface area contributed by atoms with Crippen LogP contribution in [0.15, 0.2) is 29.6 Å². The molecule has 0 N–H and O–H groups in total. The molecule has 1 atom stereocenters. The van der Waals surface area contributed by atoms with Gasteiger partial charge in [0.15, 0.2) is 11.1 Å². The summed E-state index contributed by atoms with van der Waals surface area (Å²) in [4.78, 5) is 14.2. The molecule has 1 fully saturated rings. The summed E-state index contributed by atoms with van der Waals surface area (Å²) in [5, 5.41) is 2.33. The van der Waals surface area contributed by atoms with Crippen molar-refractivity contribution >= 4 is 0 Å². The maximum atomic E-state index is 9.82. The standard InChI is InChI=1S/C10H11NO4/c12-11-15-9-3-1-8(2-4-9)14-10-5-6-13-7-10/h1-4,10H,5-7H2. The van der Waals surface area contributed by atoms with Crippen LogP contribution in [0.2, 0.25) is 0 Å². The van der Waals surface area contributed by atoms with Crippen molar-refractivity contribution in [2.45, 2.75) is 12.5 Å². The lowest BCUT2D eigenvalue weighted by Gasteiger charge is -2.11. The molecular formula is C10H11NO4. The van der Waals surface area contributed by atoms with Gasteiger partial charge in [0, 0.05) is 6.42 Å². The first kappa shape index (κ1) is 9.92. The van der Waals surface area contributed by atoms with Crippen LogP contribution in [0.1, 0.15) is 6.42 Å². The summed E-state index contributed by atoms with van der Waals surface area (Å²) in [6.07, 6.45) is 1.04. The molecule has 5 nitrogen and oxygen atoms in total. The molecule has 2 rings (SSSR count). The Bertz CT molecular complexity index is 319. The minimum atomic E-state index is 0.126. The fourth-order valence-electron chi connectivity index (χ4n) is 1.42. The maximum Gasteiger partial charge on any atom is 0.161 e. The Hall–Kier alpha value is -1.62. The Morgan fingerprint density at radius 1 is 1.27 bits per heavy atom. The zero-order chi connectivity index (χ0) is 10.5. The Morgan fingerprint density at radius 2 is 2.00 bits per heavy atom. The third kappa shape index (κ3) is 2.66. The van der Waals surface area contributed by atoms with Crippen LogP contribution in [0.25, 0.3) is 0 Å². The van der Waals surface area contributed by atoms with Gasteiger partial charge in [-0.15, -0.1) is 4.91 Å². The van der Waals surface area contributed by atoms with Crippen molar-refractivity contribution in [3.8, 4) is 11.5 Å². The summed E-state index contributed by atoms with van der Waals surface area (Å²) < 4.78 is 10.8. The summed E-state index contributed by atoms with van der Waals surface area (Å²) in [5.74, 6) is 1.14. The molecule has 0 amide bonds. The van der Waals surface area contributed by atoms with E-state index in [2.05, 4.69) is 10.2 Å². The van der Waals surface area contributed by atoms with E-state index in [1.807, 2.05) is 0 Å². The van der Waals surface area contributed by atoms with E-state index in [-0.39, 0.29) is 6.10 Å². The highest BCUT2D eigenvalue weighted by atomic mass is 16.7. The van der Waals surface area contributed by atoms with Gasteiger partial charge in [-0.2, -0.15) is 0 Å². The normalized spacial score (nSPS) is 19.9. The average molecular weight is 209 g/mol. The van der Waals surface area contributed by atoms with Crippen LogP contribution in [-0.4, -0.2) is 19.3 Å². The zero-order valence-corrected chi connectivity index (χ0v) is 8.09. The van der Waals surface area contributed by atoms with Crippen LogP contribution in [0.3, 0.4) is 0 Å². The highest BCUT2D eigenvalue weighted by Gasteiger charge is 2.16. The fraction of sp³-hybridized carbons (Fsp3) is 0.400. The first-order chi connectivity index (χ1) is 7.38. The van der Waals surface area contributed by atoms with Crippen molar-refractivity contribution in [2.24, 2.45) is 5.34 Å². The van der Waals surface area contributed by atoms with Crippen molar-refractivity contribution in [3.63, 3.8) is 0 Å². The van der Waals surface area contributed by atoms with E-state index in [9.17, 15) is 4.91 Å². The van der Waals surface area contributed by atoms with Gasteiger partial charge in [-0.05, 0) is 24.3 Å². The third-order valence-electron chi connectivity index (χ3n) is 2.16. The summed E-state index contributed by atoms with van der Waals surface area (Å²) in [6.45, 7) is 1.38. The molecule has 1 heterocycles. The van der Waals surface area contributed by atoms with Crippen LogP contribution in [-0.2, 0) is 4.74 Å². The van der Waals surface area contributed by atoms with Gasteiger partial charge in [-0.25, -0.2) is 0 Å². The molecule has 0 saturated carbocycles. The minimum absolute atomic E-state index is 0.126. The van der Waals surface area contributed by atoms with Gasteiger partial charge < -0.3 is 14.3 Å². The zero-order valence-electron chi connectivity index (χ0n) is 8.09. The van der Waals surface area contributed by atoms with E-state index < -0.39 is 0 Å². The quantitative estimate of drug-likeness (QED) is 0.561. The molecule has 1 saturated heterocycles. The lowest BCUT2D eigenvalue weighted by atomic mass is 10.3. The molecule has 0 bridgehead atoms. The predicted molar refractivity (Wildman–Crippen MR) is 52.7 cm³/mol. The van der Waals surface area contributed by atoms with Crippen molar-refractivity contribution in [2.75, 3.05) is 13.2 Å². The van der Waals surface area contributed by atoms with E-state index in [4.69, 9.17) is 9.47 Å². The molecule has 1 aliphatic heterocycles. The monoisotopic (exact) mass is 209 g/mol. The Morgan fingerprint density at radius 3 is 2.60 bits per heavy atom. The van der Waals surface area contributed by atoms with Crippen molar-refractivity contribution in [1.29, 1.82) is 0 Å². The third-order valence-corrected chi connectivity index (χ3v) is 2.16. The second kappa shape index (κ2) is 4.75. The molecular weight excluding hydrogens is 198 g/mol. The molecule has 1 aliphatic rings. The van der Waals surface area contributed by atoms with Gasteiger partial charge in [0.25, 0.3) is 0 Å². The fourth-order valence-corrected chi connectivity index (χ4v) is 1.42. The second-order valence-electron chi connectivity index (χ2n) is 3.24. The lowest BCUT2D eigenvalue weighted by molar-refractivity contribution is 0.141. The number of hydrogen-bond acceptors (Lipinski definition) is 5. The topological polar surface area (TPSA) is 57.1 Å². The minimum Gasteiger partial charge on any atom is -0.488 e. The van der Waals surface area contributed by atoms with Crippen LogP contribution in [0.5, 0.6) is 11.5 Å². The van der Waals surface area contributed by atoms with E-state index >= 15 is 0 Å². The van der Waals surface area contributed by atoms with E-state index in [1.165, 1.54) is 0 Å².